The van der Waals surface area contributed by atoms with E-state index in [2.05, 4.69) is 0 Å². The highest BCUT2D eigenvalue weighted by Gasteiger charge is 2.61. The molecule has 0 heterocycles. The molecule has 0 aromatic rings. The number of rotatable bonds is 1. The average molecular weight is 178 g/mol. The first kappa shape index (κ1) is 7.30. The average Bonchev–Trinajstić information content (AvgIpc) is 2.45. The maximum absolute atomic E-state index is 11.6. The van der Waals surface area contributed by atoms with Crippen LogP contribution in [0.1, 0.15) is 19.3 Å². The smallest absolute Gasteiger partial charge is 0.314 e. The number of carbonyl (C=O) groups is 2. The van der Waals surface area contributed by atoms with E-state index in [1.165, 1.54) is 0 Å². The first-order valence-electron chi connectivity index (χ1n) is 4.63. The van der Waals surface area contributed by atoms with Crippen LogP contribution >= 0.6 is 0 Å². The summed E-state index contributed by atoms with van der Waals surface area (Å²) in [7, 11) is 0. The Bertz CT molecular complexity index is 355. The number of ketones is 1. The molecule has 3 nitrogen and oxygen atoms in total. The Labute approximate surface area is 75.4 Å². The highest BCUT2D eigenvalue weighted by atomic mass is 16.4. The van der Waals surface area contributed by atoms with Gasteiger partial charge in [-0.3, -0.25) is 9.59 Å². The van der Waals surface area contributed by atoms with E-state index in [1.54, 1.807) is 0 Å². The summed E-state index contributed by atoms with van der Waals surface area (Å²) in [5.74, 6) is -0.301. The molecule has 0 aromatic carbocycles. The van der Waals surface area contributed by atoms with E-state index in [9.17, 15) is 9.59 Å². The van der Waals surface area contributed by atoms with E-state index in [-0.39, 0.29) is 11.7 Å². The monoisotopic (exact) mass is 178 g/mol. The van der Waals surface area contributed by atoms with Gasteiger partial charge in [0, 0.05) is 11.5 Å². The van der Waals surface area contributed by atoms with Gasteiger partial charge in [0.25, 0.3) is 0 Å². The van der Waals surface area contributed by atoms with Crippen molar-refractivity contribution in [3.63, 3.8) is 0 Å². The zero-order chi connectivity index (χ0) is 9.22. The van der Waals surface area contributed by atoms with Crippen LogP contribution in [0.3, 0.4) is 0 Å². The van der Waals surface area contributed by atoms with Gasteiger partial charge in [0.2, 0.25) is 0 Å². The van der Waals surface area contributed by atoms with E-state index in [0.29, 0.717) is 24.3 Å². The fraction of sp³-hybridized carbons (Fsp3) is 0.600. The third kappa shape index (κ3) is 0.631. The van der Waals surface area contributed by atoms with E-state index in [4.69, 9.17) is 5.11 Å². The standard InChI is InChI=1S/C10H10O3/c11-8-6-1-5-2-7(8)10(3-5,4-6)9(12)13/h2,5-6H,1,3-4H2,(H,12,13). The SMILES string of the molecule is O=C1C2=CC3CC1CC2(C(=O)O)C3. The predicted octanol–water partition coefficient (Wildman–Crippen LogP) is 0.996. The van der Waals surface area contributed by atoms with Gasteiger partial charge < -0.3 is 5.11 Å². The lowest BCUT2D eigenvalue weighted by Crippen LogP contribution is -2.30. The van der Waals surface area contributed by atoms with Crippen LogP contribution in [0.15, 0.2) is 11.6 Å². The second kappa shape index (κ2) is 1.86. The largest absolute Gasteiger partial charge is 0.481 e. The van der Waals surface area contributed by atoms with E-state index < -0.39 is 11.4 Å². The lowest BCUT2D eigenvalue weighted by Gasteiger charge is -2.27. The fourth-order valence-electron chi connectivity index (χ4n) is 3.25. The summed E-state index contributed by atoms with van der Waals surface area (Å²) in [6.07, 6.45) is 4.01. The van der Waals surface area contributed by atoms with Crippen molar-refractivity contribution < 1.29 is 14.7 Å². The maximum Gasteiger partial charge on any atom is 0.314 e. The van der Waals surface area contributed by atoms with E-state index in [1.807, 2.05) is 6.08 Å². The molecule has 0 aliphatic heterocycles. The van der Waals surface area contributed by atoms with Crippen molar-refractivity contribution in [3.05, 3.63) is 11.6 Å². The van der Waals surface area contributed by atoms with Crippen molar-refractivity contribution in [3.8, 4) is 0 Å². The molecule has 13 heavy (non-hydrogen) atoms. The van der Waals surface area contributed by atoms with Crippen molar-refractivity contribution in [1.29, 1.82) is 0 Å². The zero-order valence-corrected chi connectivity index (χ0v) is 7.12. The van der Waals surface area contributed by atoms with Crippen LogP contribution in [0.4, 0.5) is 0 Å². The number of carboxylic acids is 1. The summed E-state index contributed by atoms with van der Waals surface area (Å²) < 4.78 is 0. The quantitative estimate of drug-likeness (QED) is 0.651. The summed E-state index contributed by atoms with van der Waals surface area (Å²) in [5.41, 5.74) is -0.161. The lowest BCUT2D eigenvalue weighted by atomic mass is 9.75. The van der Waals surface area contributed by atoms with E-state index in [0.717, 1.165) is 6.42 Å². The molecule has 3 heteroatoms. The van der Waals surface area contributed by atoms with Crippen molar-refractivity contribution in [2.75, 3.05) is 0 Å². The van der Waals surface area contributed by atoms with Gasteiger partial charge in [-0.25, -0.2) is 0 Å². The lowest BCUT2D eigenvalue weighted by molar-refractivity contribution is -0.147. The number of carboxylic acid groups (broad SMARTS) is 1. The Balaban J connectivity index is 2.18. The Kier molecular flexibility index (Phi) is 1.05. The van der Waals surface area contributed by atoms with Crippen molar-refractivity contribution in [2.24, 2.45) is 17.3 Å². The molecule has 68 valence electrons. The third-order valence-electron chi connectivity index (χ3n) is 3.76. The molecular formula is C10H10O3. The molecule has 3 atom stereocenters. The maximum atomic E-state index is 11.6. The van der Waals surface area contributed by atoms with Gasteiger partial charge in [-0.2, -0.15) is 0 Å². The van der Waals surface area contributed by atoms with Crippen molar-refractivity contribution in [2.45, 2.75) is 19.3 Å². The molecule has 4 aliphatic carbocycles. The Morgan fingerprint density at radius 3 is 2.92 bits per heavy atom. The second-order valence-electron chi connectivity index (χ2n) is 4.43. The molecule has 1 N–H and O–H groups in total. The molecule has 0 saturated heterocycles. The third-order valence-corrected chi connectivity index (χ3v) is 3.76. The van der Waals surface area contributed by atoms with Gasteiger partial charge in [-0.1, -0.05) is 6.08 Å². The Morgan fingerprint density at radius 1 is 1.54 bits per heavy atom. The van der Waals surface area contributed by atoms with Gasteiger partial charge in [0.05, 0.1) is 5.41 Å². The minimum atomic E-state index is -0.795. The van der Waals surface area contributed by atoms with Crippen LogP contribution in [0.25, 0.3) is 0 Å². The van der Waals surface area contributed by atoms with Gasteiger partial charge in [-0.15, -0.1) is 0 Å². The van der Waals surface area contributed by atoms with Crippen molar-refractivity contribution in [1.82, 2.24) is 0 Å². The van der Waals surface area contributed by atoms with Gasteiger partial charge in [-0.05, 0) is 25.2 Å². The van der Waals surface area contributed by atoms with Gasteiger partial charge >= 0.3 is 5.97 Å². The minimum Gasteiger partial charge on any atom is -0.481 e. The van der Waals surface area contributed by atoms with Crippen molar-refractivity contribution >= 4 is 11.8 Å². The first-order chi connectivity index (χ1) is 6.13. The normalized spacial score (nSPS) is 45.5. The number of allylic oxidation sites excluding steroid dienone is 1. The molecule has 4 rings (SSSR count). The Morgan fingerprint density at radius 2 is 2.31 bits per heavy atom. The Hall–Kier alpha value is -1.12. The molecule has 4 aliphatic rings. The zero-order valence-electron chi connectivity index (χ0n) is 7.12. The topological polar surface area (TPSA) is 54.4 Å². The molecule has 3 unspecified atom stereocenters. The highest BCUT2D eigenvalue weighted by Crippen LogP contribution is 2.60. The summed E-state index contributed by atoms with van der Waals surface area (Å²) >= 11 is 0. The molecule has 0 radical (unpaired) electrons. The highest BCUT2D eigenvalue weighted by molar-refractivity contribution is 6.08. The molecule has 0 amide bonds. The van der Waals surface area contributed by atoms with Crippen LogP contribution in [-0.4, -0.2) is 16.9 Å². The van der Waals surface area contributed by atoms with Gasteiger partial charge in [0.15, 0.2) is 5.78 Å². The molecular weight excluding hydrogens is 168 g/mol. The molecule has 0 aromatic heterocycles. The van der Waals surface area contributed by atoms with Gasteiger partial charge in [0.1, 0.15) is 0 Å². The summed E-state index contributed by atoms with van der Waals surface area (Å²) in [4.78, 5) is 22.7. The number of hydrogen-bond acceptors (Lipinski definition) is 2. The number of carbonyl (C=O) groups excluding carboxylic acids is 1. The van der Waals surface area contributed by atoms with Crippen LogP contribution in [0.5, 0.6) is 0 Å². The van der Waals surface area contributed by atoms with Crippen LogP contribution in [-0.2, 0) is 9.59 Å². The van der Waals surface area contributed by atoms with Crippen LogP contribution in [0.2, 0.25) is 0 Å². The van der Waals surface area contributed by atoms with Crippen LogP contribution < -0.4 is 0 Å². The molecule has 4 bridgehead atoms. The number of Topliss-reactive ketones (excluding diaryl/α,β-unsaturated/α-hetero) is 1. The second-order valence-corrected chi connectivity index (χ2v) is 4.43. The minimum absolute atomic E-state index is 0.0230. The fourth-order valence-corrected chi connectivity index (χ4v) is 3.25. The molecule has 2 fully saturated rings. The first-order valence-corrected chi connectivity index (χ1v) is 4.63. The predicted molar refractivity (Wildman–Crippen MR) is 44.0 cm³/mol. The summed E-state index contributed by atoms with van der Waals surface area (Å²) in [5, 5.41) is 9.14. The van der Waals surface area contributed by atoms with E-state index >= 15 is 0 Å². The molecule has 2 saturated carbocycles. The summed E-state index contributed by atoms with van der Waals surface area (Å²) in [6, 6.07) is 0. The molecule has 0 spiro atoms. The summed E-state index contributed by atoms with van der Waals surface area (Å²) in [6.45, 7) is 0. The number of aliphatic carboxylic acids is 1. The van der Waals surface area contributed by atoms with Crippen LogP contribution in [0, 0.1) is 17.3 Å². The number of hydrogen-bond donors (Lipinski definition) is 1.